The molecule has 3 N–H and O–H groups in total. The lowest BCUT2D eigenvalue weighted by atomic mass is 9.86. The van der Waals surface area contributed by atoms with Crippen LogP contribution in [-0.2, 0) is 68.9 Å². The first-order valence-electron chi connectivity index (χ1n) is 28.1. The van der Waals surface area contributed by atoms with Crippen molar-refractivity contribution in [2.24, 2.45) is 0 Å². The Morgan fingerprint density at radius 1 is 0.494 bits per heavy atom. The number of rotatable bonds is 14. The molecule has 0 spiro atoms. The van der Waals surface area contributed by atoms with Crippen LogP contribution in [0.15, 0.2) is 109 Å². The predicted molar refractivity (Wildman–Crippen MR) is 304 cm³/mol. The quantitative estimate of drug-likeness (QED) is 0.0640. The molecule has 4 aliphatic rings. The number of hydrogen-bond acceptors (Lipinski definition) is 13. The van der Waals surface area contributed by atoms with E-state index in [9.17, 15) is 53.1 Å². The van der Waals surface area contributed by atoms with E-state index < -0.39 is 70.3 Å². The molecule has 0 aliphatic carbocycles. The van der Waals surface area contributed by atoms with Gasteiger partial charge in [-0.1, -0.05) is 109 Å². The fraction of sp³-hybridized carbons (Fsp3) is 0.460. The van der Waals surface area contributed by atoms with Crippen LogP contribution in [0.3, 0.4) is 0 Å². The van der Waals surface area contributed by atoms with Gasteiger partial charge in [-0.25, -0.2) is 19.2 Å². The smallest absolute Gasteiger partial charge is 0.410 e. The van der Waals surface area contributed by atoms with Crippen LogP contribution in [0.2, 0.25) is 0 Å². The molecule has 4 heterocycles. The molecule has 4 aliphatic heterocycles. The molecule has 0 unspecified atom stereocenters. The molecule has 2 fully saturated rings. The zero-order chi connectivity index (χ0) is 60.3. The number of ether oxygens (including phenoxy) is 3. The highest BCUT2D eigenvalue weighted by molar-refractivity contribution is 6.00. The Morgan fingerprint density at radius 2 is 0.831 bits per heavy atom. The summed E-state index contributed by atoms with van der Waals surface area (Å²) >= 11 is 0. The summed E-state index contributed by atoms with van der Waals surface area (Å²) in [5, 5.41) is 15.8. The Kier molecular flexibility index (Phi) is 20.0. The second-order valence-electron chi connectivity index (χ2n) is 23.5. The third-order valence-corrected chi connectivity index (χ3v) is 15.3. The van der Waals surface area contributed by atoms with Crippen molar-refractivity contribution in [3.05, 3.63) is 143 Å². The molecule has 20 heteroatoms. The van der Waals surface area contributed by atoms with Crippen molar-refractivity contribution in [2.45, 2.75) is 153 Å². The Hall–Kier alpha value is -8.42. The number of hydrogen-bond donors (Lipinski definition) is 3. The van der Waals surface area contributed by atoms with E-state index in [2.05, 4.69) is 10.6 Å². The summed E-state index contributed by atoms with van der Waals surface area (Å²) in [6, 6.07) is 30.8. The standard InChI is InChI=1S/C32H39N3O7.C31H37N3O7/c1-31(2,3)42-30(40)34-18-16-32(17-19-34,29(39)41-4)33-28(38)25-20-23-12-8-9-13-24(23)21-35(25)27(37)15-14-26(36)22-10-6-5-7-11-22;1-30(2,3)41-29(40)33-17-15-31(16-18-33,28(38)39)32-27(37)24-19-22-11-7-8-12-23(22)20-34(24)26(36)14-13-25(35)21-9-5-4-6-10-21/h5-13,25H,14-21H2,1-4H3,(H,33,38);4-12,24H,13-20H2,1-3H3,(H,32,37)(H,38,39)/t25-;24-/m00/s1. The molecule has 20 nitrogen and oxygen atoms in total. The first kappa shape index (κ1) is 62.2. The topological polar surface area (TPSA) is 256 Å². The highest BCUT2D eigenvalue weighted by atomic mass is 16.6. The summed E-state index contributed by atoms with van der Waals surface area (Å²) in [6.07, 6.45) is -0.390. The molecule has 4 aromatic carbocycles. The molecule has 83 heavy (non-hydrogen) atoms. The van der Waals surface area contributed by atoms with E-state index in [-0.39, 0.29) is 127 Å². The summed E-state index contributed by atoms with van der Waals surface area (Å²) in [5.74, 6) is -3.85. The number of nitrogens with one attached hydrogen (secondary N) is 2. The fourth-order valence-corrected chi connectivity index (χ4v) is 10.7. The van der Waals surface area contributed by atoms with Gasteiger partial charge in [0.25, 0.3) is 0 Å². The number of piperidine rings is 2. The first-order valence-corrected chi connectivity index (χ1v) is 28.1. The predicted octanol–water partition coefficient (Wildman–Crippen LogP) is 7.24. The number of amides is 6. The number of fused-ring (bicyclic) bond motifs is 2. The highest BCUT2D eigenvalue weighted by Gasteiger charge is 2.49. The largest absolute Gasteiger partial charge is 0.480 e. The third-order valence-electron chi connectivity index (χ3n) is 15.3. The van der Waals surface area contributed by atoms with Crippen LogP contribution in [0.25, 0.3) is 0 Å². The van der Waals surface area contributed by atoms with Gasteiger partial charge in [-0.2, -0.15) is 0 Å². The number of methoxy groups -OCH3 is 1. The number of carboxylic acids is 1. The molecule has 8 rings (SSSR count). The number of Topliss-reactive ketones (excluding diaryl/α,β-unsaturated/α-hetero) is 2. The van der Waals surface area contributed by atoms with Crippen LogP contribution in [-0.4, -0.2) is 152 Å². The molecular formula is C63H76N6O14. The number of benzene rings is 4. The van der Waals surface area contributed by atoms with Crippen LogP contribution >= 0.6 is 0 Å². The number of nitrogens with zero attached hydrogens (tertiary/aromatic N) is 4. The lowest BCUT2D eigenvalue weighted by Crippen LogP contribution is -2.64. The normalized spacial score (nSPS) is 18.1. The van der Waals surface area contributed by atoms with Crippen LogP contribution in [0, 0.1) is 0 Å². The van der Waals surface area contributed by atoms with Gasteiger partial charge >= 0.3 is 24.1 Å². The minimum Gasteiger partial charge on any atom is -0.480 e. The van der Waals surface area contributed by atoms with Crippen LogP contribution in [0.5, 0.6) is 0 Å². The minimum atomic E-state index is -1.59. The van der Waals surface area contributed by atoms with Crippen molar-refractivity contribution >= 4 is 59.3 Å². The number of carboxylic acid groups (broad SMARTS) is 1. The van der Waals surface area contributed by atoms with Crippen LogP contribution in [0.4, 0.5) is 9.59 Å². The van der Waals surface area contributed by atoms with Crippen molar-refractivity contribution in [1.29, 1.82) is 0 Å². The summed E-state index contributed by atoms with van der Waals surface area (Å²) in [7, 11) is 1.26. The van der Waals surface area contributed by atoms with E-state index >= 15 is 0 Å². The molecule has 2 saturated heterocycles. The summed E-state index contributed by atoms with van der Waals surface area (Å²) < 4.78 is 16.0. The molecule has 6 amide bonds. The molecule has 4 aromatic rings. The number of carbonyl (C=O) groups is 10. The lowest BCUT2D eigenvalue weighted by Gasteiger charge is -2.42. The summed E-state index contributed by atoms with van der Waals surface area (Å²) in [6.45, 7) is 11.5. The molecule has 0 bridgehead atoms. The minimum absolute atomic E-state index is 0.00382. The van der Waals surface area contributed by atoms with Crippen molar-refractivity contribution in [1.82, 2.24) is 30.2 Å². The third kappa shape index (κ3) is 16.0. The molecule has 0 radical (unpaired) electrons. The van der Waals surface area contributed by atoms with Gasteiger partial charge in [0.2, 0.25) is 23.6 Å². The number of ketones is 2. The second kappa shape index (κ2) is 26.7. The fourth-order valence-electron chi connectivity index (χ4n) is 10.7. The number of esters is 1. The SMILES string of the molecule is CC(C)(C)OC(=O)N1CCC(NC(=O)[C@@H]2Cc3ccccc3CN2C(=O)CCC(=O)c2ccccc2)(C(=O)O)CC1.COC(=O)C1(NC(=O)[C@@H]2Cc3ccccc3CN2C(=O)CCC(=O)c2ccccc2)CCN(C(=O)OC(C)(C)C)CC1. The maximum absolute atomic E-state index is 13.9. The molecule has 442 valence electrons. The van der Waals surface area contributed by atoms with Gasteiger partial charge in [-0.15, -0.1) is 0 Å². The van der Waals surface area contributed by atoms with Gasteiger partial charge in [-0.05, 0) is 89.5 Å². The highest BCUT2D eigenvalue weighted by Crippen LogP contribution is 2.31. The van der Waals surface area contributed by atoms with Crippen molar-refractivity contribution < 1.29 is 67.3 Å². The van der Waals surface area contributed by atoms with Crippen LogP contribution in [0.1, 0.15) is 136 Å². The van der Waals surface area contributed by atoms with E-state index in [1.54, 1.807) is 90.1 Å². The average Bonchev–Trinajstić information content (AvgIpc) is 3.47. The number of aliphatic carboxylic acids is 1. The Bertz CT molecular complexity index is 3050. The van der Waals surface area contributed by atoms with Crippen LogP contribution < -0.4 is 10.6 Å². The zero-order valence-corrected chi connectivity index (χ0v) is 48.4. The van der Waals surface area contributed by atoms with Gasteiger partial charge in [0.15, 0.2) is 11.6 Å². The Balaban J connectivity index is 0.000000239. The number of likely N-dealkylation sites (tertiary alicyclic amines) is 2. The summed E-state index contributed by atoms with van der Waals surface area (Å²) in [5.41, 5.74) is 0.406. The molecule has 0 saturated carbocycles. The molecular weight excluding hydrogens is 1060 g/mol. The van der Waals surface area contributed by atoms with Crippen molar-refractivity contribution in [2.75, 3.05) is 33.3 Å². The maximum atomic E-state index is 13.9. The van der Waals surface area contributed by atoms with E-state index in [1.807, 2.05) is 60.7 Å². The van der Waals surface area contributed by atoms with Crippen molar-refractivity contribution in [3.63, 3.8) is 0 Å². The van der Waals surface area contributed by atoms with E-state index in [0.29, 0.717) is 11.1 Å². The summed E-state index contributed by atoms with van der Waals surface area (Å²) in [4.78, 5) is 136. The zero-order valence-electron chi connectivity index (χ0n) is 48.4. The van der Waals surface area contributed by atoms with Gasteiger partial charge < -0.3 is 49.6 Å². The molecule has 0 aromatic heterocycles. The lowest BCUT2D eigenvalue weighted by molar-refractivity contribution is -0.155. The van der Waals surface area contributed by atoms with Gasteiger partial charge in [0, 0.05) is 88.9 Å². The molecule has 2 atom stereocenters. The Morgan fingerprint density at radius 3 is 1.18 bits per heavy atom. The first-order chi connectivity index (χ1) is 39.3. The maximum Gasteiger partial charge on any atom is 0.410 e. The number of carbonyl (C=O) groups excluding carboxylic acids is 9. The Labute approximate surface area is 484 Å². The average molecular weight is 1140 g/mol. The van der Waals surface area contributed by atoms with Gasteiger partial charge in [0.05, 0.1) is 7.11 Å². The van der Waals surface area contributed by atoms with Crippen molar-refractivity contribution in [3.8, 4) is 0 Å². The van der Waals surface area contributed by atoms with E-state index in [4.69, 9.17) is 14.2 Å². The van der Waals surface area contributed by atoms with E-state index in [0.717, 1.165) is 22.3 Å². The van der Waals surface area contributed by atoms with Gasteiger partial charge in [0.1, 0.15) is 34.4 Å². The van der Waals surface area contributed by atoms with Gasteiger partial charge in [-0.3, -0.25) is 28.8 Å². The second-order valence-corrected chi connectivity index (χ2v) is 23.5. The monoisotopic (exact) mass is 1140 g/mol. The van der Waals surface area contributed by atoms with E-state index in [1.165, 1.54) is 26.7 Å².